The van der Waals surface area contributed by atoms with Crippen LogP contribution in [0.4, 0.5) is 5.69 Å². The molecule has 0 spiro atoms. The number of carbonyl (C=O) groups excluding carboxylic acids is 2. The second-order valence-electron chi connectivity index (χ2n) is 6.56. The summed E-state index contributed by atoms with van der Waals surface area (Å²) in [4.78, 5) is 26.2. The topological polar surface area (TPSA) is 61.4 Å². The van der Waals surface area contributed by atoms with Gasteiger partial charge in [0.25, 0.3) is 0 Å². The second-order valence-corrected chi connectivity index (χ2v) is 6.56. The van der Waals surface area contributed by atoms with E-state index in [0.717, 1.165) is 5.69 Å². The second kappa shape index (κ2) is 9.73. The summed E-state index contributed by atoms with van der Waals surface area (Å²) in [5.41, 5.74) is 1.94. The zero-order chi connectivity index (χ0) is 18.9. The van der Waals surface area contributed by atoms with E-state index in [-0.39, 0.29) is 30.3 Å². The quantitative estimate of drug-likeness (QED) is 0.767. The van der Waals surface area contributed by atoms with Crippen molar-refractivity contribution in [3.63, 3.8) is 0 Å². The molecule has 0 saturated heterocycles. The van der Waals surface area contributed by atoms with Crippen molar-refractivity contribution in [1.29, 1.82) is 0 Å². The predicted molar refractivity (Wildman–Crippen MR) is 105 cm³/mol. The normalized spacial score (nSPS) is 13.1. The van der Waals surface area contributed by atoms with Crippen LogP contribution in [-0.4, -0.2) is 42.9 Å². The number of rotatable bonds is 8. The molecule has 26 heavy (non-hydrogen) atoms. The van der Waals surface area contributed by atoms with Crippen molar-refractivity contribution in [2.24, 2.45) is 0 Å². The molecule has 2 atom stereocenters. The van der Waals surface area contributed by atoms with E-state index in [0.29, 0.717) is 6.54 Å². The van der Waals surface area contributed by atoms with Crippen LogP contribution < -0.4 is 10.6 Å². The van der Waals surface area contributed by atoms with Gasteiger partial charge in [-0.3, -0.25) is 14.5 Å². The minimum Gasteiger partial charge on any atom is -0.354 e. The number of hydrogen-bond donors (Lipinski definition) is 2. The summed E-state index contributed by atoms with van der Waals surface area (Å²) in [5.74, 6) is 0.0119. The molecule has 0 radical (unpaired) electrons. The van der Waals surface area contributed by atoms with Gasteiger partial charge in [0.1, 0.15) is 0 Å². The van der Waals surface area contributed by atoms with Crippen molar-refractivity contribution in [2.45, 2.75) is 25.8 Å². The summed E-state index contributed by atoms with van der Waals surface area (Å²) in [6.45, 7) is 4.60. The Morgan fingerprint density at radius 2 is 1.54 bits per heavy atom. The summed E-state index contributed by atoms with van der Waals surface area (Å²) in [6, 6.07) is 19.0. The van der Waals surface area contributed by atoms with Gasteiger partial charge in [-0.25, -0.2) is 0 Å². The molecule has 0 aromatic heterocycles. The number of likely N-dealkylation sites (N-methyl/N-ethyl adjacent to an activating group) is 1. The van der Waals surface area contributed by atoms with Gasteiger partial charge in [-0.15, -0.1) is 0 Å². The van der Waals surface area contributed by atoms with E-state index in [4.69, 9.17) is 0 Å². The summed E-state index contributed by atoms with van der Waals surface area (Å²) in [5, 5.41) is 5.80. The smallest absolute Gasteiger partial charge is 0.238 e. The Balaban J connectivity index is 1.78. The molecular weight excluding hydrogens is 326 g/mol. The highest BCUT2D eigenvalue weighted by Gasteiger charge is 2.20. The van der Waals surface area contributed by atoms with Crippen LogP contribution in [0.15, 0.2) is 60.7 Å². The van der Waals surface area contributed by atoms with Crippen molar-refractivity contribution in [3.05, 3.63) is 66.2 Å². The lowest BCUT2D eigenvalue weighted by atomic mass is 10.0. The average Bonchev–Trinajstić information content (AvgIpc) is 2.66. The molecule has 2 unspecified atom stereocenters. The van der Waals surface area contributed by atoms with Gasteiger partial charge in [-0.1, -0.05) is 55.5 Å². The summed E-state index contributed by atoms with van der Waals surface area (Å²) < 4.78 is 0. The first-order chi connectivity index (χ1) is 12.5. The highest BCUT2D eigenvalue weighted by molar-refractivity contribution is 5.92. The standard InChI is InChI=1S/C21H27N3O2/c1-16(18-10-6-4-7-11-18)14-22-21(26)17(2)24(3)15-20(25)23-19-12-8-5-9-13-19/h4-13,16-17H,14-15H2,1-3H3,(H,22,26)(H,23,25). The first-order valence-corrected chi connectivity index (χ1v) is 8.85. The van der Waals surface area contributed by atoms with Gasteiger partial charge in [0.05, 0.1) is 12.6 Å². The molecule has 0 fully saturated rings. The first kappa shape index (κ1) is 19.7. The lowest BCUT2D eigenvalue weighted by Crippen LogP contribution is -2.46. The minimum absolute atomic E-state index is 0.0807. The van der Waals surface area contributed by atoms with Crippen LogP contribution in [0.1, 0.15) is 25.3 Å². The van der Waals surface area contributed by atoms with Gasteiger partial charge >= 0.3 is 0 Å². The van der Waals surface area contributed by atoms with E-state index >= 15 is 0 Å². The molecule has 2 amide bonds. The molecule has 5 heteroatoms. The number of hydrogen-bond acceptors (Lipinski definition) is 3. The Kier molecular flexibility index (Phi) is 7.36. The van der Waals surface area contributed by atoms with Crippen molar-refractivity contribution in [2.75, 3.05) is 25.5 Å². The maximum absolute atomic E-state index is 12.4. The molecule has 5 nitrogen and oxygen atoms in total. The van der Waals surface area contributed by atoms with Gasteiger partial charge in [0.2, 0.25) is 11.8 Å². The summed E-state index contributed by atoms with van der Waals surface area (Å²) >= 11 is 0. The highest BCUT2D eigenvalue weighted by Crippen LogP contribution is 2.13. The fourth-order valence-electron chi connectivity index (χ4n) is 2.59. The first-order valence-electron chi connectivity index (χ1n) is 8.85. The molecule has 2 rings (SSSR count). The Hall–Kier alpha value is -2.66. The summed E-state index contributed by atoms with van der Waals surface area (Å²) in [6.07, 6.45) is 0. The Morgan fingerprint density at radius 3 is 2.15 bits per heavy atom. The average molecular weight is 353 g/mol. The predicted octanol–water partition coefficient (Wildman–Crippen LogP) is 2.87. The van der Waals surface area contributed by atoms with Gasteiger partial charge in [-0.2, -0.15) is 0 Å². The van der Waals surface area contributed by atoms with E-state index in [1.807, 2.05) is 48.5 Å². The maximum atomic E-state index is 12.4. The molecule has 0 saturated carbocycles. The SMILES string of the molecule is CC(CNC(=O)C(C)N(C)CC(=O)Nc1ccccc1)c1ccccc1. The van der Waals surface area contributed by atoms with Crippen molar-refractivity contribution in [1.82, 2.24) is 10.2 Å². The molecule has 138 valence electrons. The molecule has 0 aliphatic heterocycles. The van der Waals surface area contributed by atoms with Crippen molar-refractivity contribution >= 4 is 17.5 Å². The molecule has 0 aliphatic rings. The van der Waals surface area contributed by atoms with Crippen LogP contribution in [-0.2, 0) is 9.59 Å². The van der Waals surface area contributed by atoms with E-state index < -0.39 is 0 Å². The number of nitrogens with zero attached hydrogens (tertiary/aromatic N) is 1. The number of anilines is 1. The van der Waals surface area contributed by atoms with Crippen LogP contribution in [0.5, 0.6) is 0 Å². The van der Waals surface area contributed by atoms with Crippen LogP contribution in [0, 0.1) is 0 Å². The Bertz CT molecular complexity index is 704. The number of amides is 2. The zero-order valence-corrected chi connectivity index (χ0v) is 15.6. The molecule has 0 bridgehead atoms. The summed E-state index contributed by atoms with van der Waals surface area (Å²) in [7, 11) is 1.77. The van der Waals surface area contributed by atoms with Crippen LogP contribution in [0.2, 0.25) is 0 Å². The number of nitrogens with one attached hydrogen (secondary N) is 2. The van der Waals surface area contributed by atoms with Crippen molar-refractivity contribution in [3.8, 4) is 0 Å². The van der Waals surface area contributed by atoms with E-state index in [1.165, 1.54) is 5.56 Å². The minimum atomic E-state index is -0.389. The third-order valence-electron chi connectivity index (χ3n) is 4.44. The largest absolute Gasteiger partial charge is 0.354 e. The Morgan fingerprint density at radius 1 is 0.962 bits per heavy atom. The molecule has 2 aromatic rings. The lowest BCUT2D eigenvalue weighted by molar-refractivity contribution is -0.126. The highest BCUT2D eigenvalue weighted by atomic mass is 16.2. The fraction of sp³-hybridized carbons (Fsp3) is 0.333. The number of benzene rings is 2. The Labute approximate surface area is 155 Å². The molecular formula is C21H27N3O2. The maximum Gasteiger partial charge on any atom is 0.238 e. The molecule has 2 N–H and O–H groups in total. The zero-order valence-electron chi connectivity index (χ0n) is 15.6. The molecule has 2 aromatic carbocycles. The van der Waals surface area contributed by atoms with E-state index in [9.17, 15) is 9.59 Å². The van der Waals surface area contributed by atoms with Gasteiger partial charge in [0, 0.05) is 12.2 Å². The van der Waals surface area contributed by atoms with Crippen molar-refractivity contribution < 1.29 is 9.59 Å². The van der Waals surface area contributed by atoms with Gasteiger partial charge in [-0.05, 0) is 37.6 Å². The monoisotopic (exact) mass is 353 g/mol. The van der Waals surface area contributed by atoms with Crippen LogP contribution in [0.3, 0.4) is 0 Å². The molecule has 0 heterocycles. The van der Waals surface area contributed by atoms with E-state index in [2.05, 4.69) is 29.7 Å². The lowest BCUT2D eigenvalue weighted by Gasteiger charge is -2.24. The molecule has 0 aliphatic carbocycles. The number of carbonyl (C=O) groups is 2. The third kappa shape index (κ3) is 6.01. The van der Waals surface area contributed by atoms with E-state index in [1.54, 1.807) is 18.9 Å². The number of para-hydroxylation sites is 1. The third-order valence-corrected chi connectivity index (χ3v) is 4.44. The van der Waals surface area contributed by atoms with Gasteiger partial charge < -0.3 is 10.6 Å². The van der Waals surface area contributed by atoms with Crippen LogP contribution in [0.25, 0.3) is 0 Å². The van der Waals surface area contributed by atoms with Gasteiger partial charge in [0.15, 0.2) is 0 Å². The fourth-order valence-corrected chi connectivity index (χ4v) is 2.59. The van der Waals surface area contributed by atoms with Crippen LogP contribution >= 0.6 is 0 Å².